The highest BCUT2D eigenvalue weighted by Crippen LogP contribution is 2.31. The molecule has 2 nitrogen and oxygen atoms in total. The van der Waals surface area contributed by atoms with Crippen molar-refractivity contribution < 1.29 is 22.6 Å². The van der Waals surface area contributed by atoms with E-state index in [-0.39, 0.29) is 12.5 Å². The molecule has 0 unspecified atom stereocenters. The van der Waals surface area contributed by atoms with E-state index in [2.05, 4.69) is 0 Å². The van der Waals surface area contributed by atoms with Crippen LogP contribution in [0.15, 0.2) is 54.6 Å². The number of ether oxygens (including phenoxy) is 2. The molecule has 106 valence electrons. The van der Waals surface area contributed by atoms with Gasteiger partial charge in [0.05, 0.1) is 12.2 Å². The Balaban J connectivity index is 1.83. The van der Waals surface area contributed by atoms with Crippen LogP contribution >= 0.6 is 0 Å². The Labute approximate surface area is 114 Å². The summed E-state index contributed by atoms with van der Waals surface area (Å²) in [6.07, 6.45) is -4.37. The van der Waals surface area contributed by atoms with Crippen molar-refractivity contribution in [3.05, 3.63) is 65.7 Å². The molecular formula is C15H13F3O2. The number of hydrogen-bond donors (Lipinski definition) is 0. The Hall–Kier alpha value is -2.01. The molecule has 0 fully saturated rings. The molecule has 0 aliphatic carbocycles. The summed E-state index contributed by atoms with van der Waals surface area (Å²) in [6, 6.07) is 14.1. The maximum atomic E-state index is 12.5. The first-order chi connectivity index (χ1) is 9.55. The molecule has 0 heterocycles. The first-order valence-electron chi connectivity index (χ1n) is 5.97. The average Bonchev–Trinajstić information content (AvgIpc) is 2.44. The second kappa shape index (κ2) is 6.43. The van der Waals surface area contributed by atoms with Crippen LogP contribution in [0.5, 0.6) is 5.75 Å². The predicted octanol–water partition coefficient (Wildman–Crippen LogP) is 4.26. The van der Waals surface area contributed by atoms with Gasteiger partial charge in [0.25, 0.3) is 0 Å². The Morgan fingerprint density at radius 3 is 2.35 bits per heavy atom. The Morgan fingerprint density at radius 1 is 0.900 bits per heavy atom. The molecule has 0 bridgehead atoms. The molecule has 5 heteroatoms. The Morgan fingerprint density at radius 2 is 1.65 bits per heavy atom. The monoisotopic (exact) mass is 282 g/mol. The third kappa shape index (κ3) is 4.28. The van der Waals surface area contributed by atoms with Crippen LogP contribution in [0.4, 0.5) is 13.2 Å². The lowest BCUT2D eigenvalue weighted by atomic mass is 10.2. The van der Waals surface area contributed by atoms with Gasteiger partial charge >= 0.3 is 6.18 Å². The van der Waals surface area contributed by atoms with Gasteiger partial charge in [-0.2, -0.15) is 13.2 Å². The molecule has 0 amide bonds. The van der Waals surface area contributed by atoms with Crippen LogP contribution in [-0.2, 0) is 17.5 Å². The van der Waals surface area contributed by atoms with Gasteiger partial charge in [-0.05, 0) is 23.8 Å². The first-order valence-corrected chi connectivity index (χ1v) is 5.97. The molecule has 20 heavy (non-hydrogen) atoms. The molecule has 0 saturated carbocycles. The van der Waals surface area contributed by atoms with Crippen LogP contribution in [-0.4, -0.2) is 6.79 Å². The van der Waals surface area contributed by atoms with E-state index < -0.39 is 11.7 Å². The van der Waals surface area contributed by atoms with Crippen molar-refractivity contribution in [1.82, 2.24) is 0 Å². The molecule has 2 aromatic rings. The highest BCUT2D eigenvalue weighted by Gasteiger charge is 2.30. The zero-order valence-electron chi connectivity index (χ0n) is 10.6. The van der Waals surface area contributed by atoms with Gasteiger partial charge < -0.3 is 9.47 Å². The van der Waals surface area contributed by atoms with E-state index in [1.807, 2.05) is 30.3 Å². The van der Waals surface area contributed by atoms with Gasteiger partial charge in [0.15, 0.2) is 6.79 Å². The average molecular weight is 282 g/mol. The van der Waals surface area contributed by atoms with Crippen molar-refractivity contribution in [3.8, 4) is 5.75 Å². The summed E-state index contributed by atoms with van der Waals surface area (Å²) in [5.74, 6) is 0.132. The number of alkyl halides is 3. The van der Waals surface area contributed by atoms with Crippen LogP contribution in [0.25, 0.3) is 0 Å². The van der Waals surface area contributed by atoms with Gasteiger partial charge in [0, 0.05) is 0 Å². The van der Waals surface area contributed by atoms with E-state index in [1.165, 1.54) is 12.1 Å². The third-order valence-electron chi connectivity index (χ3n) is 2.58. The molecular weight excluding hydrogens is 269 g/mol. The maximum Gasteiger partial charge on any atom is 0.416 e. The van der Waals surface area contributed by atoms with Gasteiger partial charge in [0.1, 0.15) is 5.75 Å². The summed E-state index contributed by atoms with van der Waals surface area (Å²) in [7, 11) is 0. The van der Waals surface area contributed by atoms with Crippen molar-refractivity contribution in [3.63, 3.8) is 0 Å². The highest BCUT2D eigenvalue weighted by molar-refractivity contribution is 5.30. The minimum Gasteiger partial charge on any atom is -0.468 e. The summed E-state index contributed by atoms with van der Waals surface area (Å²) in [5, 5.41) is 0. The molecule has 0 N–H and O–H groups in total. The molecule has 0 saturated heterocycles. The van der Waals surface area contributed by atoms with Crippen molar-refractivity contribution >= 4 is 0 Å². The van der Waals surface area contributed by atoms with Gasteiger partial charge in [0.2, 0.25) is 0 Å². The normalized spacial score (nSPS) is 11.3. The highest BCUT2D eigenvalue weighted by atomic mass is 19.4. The quantitative estimate of drug-likeness (QED) is 0.602. The summed E-state index contributed by atoms with van der Waals surface area (Å²) < 4.78 is 47.9. The van der Waals surface area contributed by atoms with E-state index >= 15 is 0 Å². The molecule has 0 spiro atoms. The molecule has 0 aliphatic rings. The van der Waals surface area contributed by atoms with Crippen LogP contribution in [0, 0.1) is 0 Å². The number of hydrogen-bond acceptors (Lipinski definition) is 2. The minimum atomic E-state index is -4.37. The Kier molecular flexibility index (Phi) is 4.63. The lowest BCUT2D eigenvalue weighted by Crippen LogP contribution is -2.06. The zero-order valence-corrected chi connectivity index (χ0v) is 10.6. The van der Waals surface area contributed by atoms with Gasteiger partial charge in [-0.15, -0.1) is 0 Å². The largest absolute Gasteiger partial charge is 0.468 e. The summed E-state index contributed by atoms with van der Waals surface area (Å²) in [6.45, 7) is 0.246. The number of halogens is 3. The molecule has 2 rings (SSSR count). The Bertz CT molecular complexity index is 538. The fourth-order valence-electron chi connectivity index (χ4n) is 1.61. The van der Waals surface area contributed by atoms with Gasteiger partial charge in [-0.25, -0.2) is 0 Å². The zero-order chi connectivity index (χ0) is 14.4. The lowest BCUT2D eigenvalue weighted by Gasteiger charge is -2.10. The van der Waals surface area contributed by atoms with Crippen LogP contribution in [0.1, 0.15) is 11.1 Å². The van der Waals surface area contributed by atoms with E-state index in [4.69, 9.17) is 9.47 Å². The molecule has 0 radical (unpaired) electrons. The maximum absolute atomic E-state index is 12.5. The topological polar surface area (TPSA) is 18.5 Å². The second-order valence-electron chi connectivity index (χ2n) is 4.12. The SMILES string of the molecule is FC(F)(F)c1cccc(OCOCc2ccccc2)c1. The smallest absolute Gasteiger partial charge is 0.416 e. The molecule has 0 atom stereocenters. The van der Waals surface area contributed by atoms with Crippen molar-refractivity contribution in [2.24, 2.45) is 0 Å². The number of rotatable bonds is 5. The van der Waals surface area contributed by atoms with Gasteiger partial charge in [-0.3, -0.25) is 0 Å². The summed E-state index contributed by atoms with van der Waals surface area (Å²) in [4.78, 5) is 0. The molecule has 2 aromatic carbocycles. The number of benzene rings is 2. The van der Waals surface area contributed by atoms with Crippen molar-refractivity contribution in [1.29, 1.82) is 0 Å². The minimum absolute atomic E-state index is 0.101. The fraction of sp³-hybridized carbons (Fsp3) is 0.200. The van der Waals surface area contributed by atoms with Crippen LogP contribution < -0.4 is 4.74 Å². The fourth-order valence-corrected chi connectivity index (χ4v) is 1.61. The standard InChI is InChI=1S/C15H13F3O2/c16-15(17,18)13-7-4-8-14(9-13)20-11-19-10-12-5-2-1-3-6-12/h1-9H,10-11H2. The molecule has 0 aromatic heterocycles. The second-order valence-corrected chi connectivity index (χ2v) is 4.12. The van der Waals surface area contributed by atoms with E-state index in [1.54, 1.807) is 0 Å². The van der Waals surface area contributed by atoms with E-state index in [9.17, 15) is 13.2 Å². The van der Waals surface area contributed by atoms with Crippen molar-refractivity contribution in [2.75, 3.05) is 6.79 Å². The lowest BCUT2D eigenvalue weighted by molar-refractivity contribution is -0.137. The summed E-state index contributed by atoms with van der Waals surface area (Å²) >= 11 is 0. The van der Waals surface area contributed by atoms with Crippen LogP contribution in [0.2, 0.25) is 0 Å². The van der Waals surface area contributed by atoms with Crippen LogP contribution in [0.3, 0.4) is 0 Å². The summed E-state index contributed by atoms with van der Waals surface area (Å²) in [5.41, 5.74) is 0.234. The predicted molar refractivity (Wildman–Crippen MR) is 68.2 cm³/mol. The van der Waals surface area contributed by atoms with E-state index in [0.29, 0.717) is 6.61 Å². The van der Waals surface area contributed by atoms with E-state index in [0.717, 1.165) is 17.7 Å². The third-order valence-corrected chi connectivity index (χ3v) is 2.58. The molecule has 0 aliphatic heterocycles. The first kappa shape index (κ1) is 14.4. The van der Waals surface area contributed by atoms with Gasteiger partial charge in [-0.1, -0.05) is 36.4 Å². The van der Waals surface area contributed by atoms with Crippen molar-refractivity contribution in [2.45, 2.75) is 12.8 Å².